The minimum Gasteiger partial charge on any atom is -0.331 e. The van der Waals surface area contributed by atoms with Crippen LogP contribution in [0.5, 0.6) is 0 Å². The Hall–Kier alpha value is -1.93. The Morgan fingerprint density at radius 3 is 2.88 bits per heavy atom. The summed E-state index contributed by atoms with van der Waals surface area (Å²) < 4.78 is 0. The van der Waals surface area contributed by atoms with E-state index < -0.39 is 0 Å². The van der Waals surface area contributed by atoms with Gasteiger partial charge in [0.2, 0.25) is 6.08 Å². The zero-order valence-corrected chi connectivity index (χ0v) is 8.64. The highest BCUT2D eigenvalue weighted by Gasteiger charge is 2.38. The summed E-state index contributed by atoms with van der Waals surface area (Å²) in [7, 11) is 0. The predicted molar refractivity (Wildman–Crippen MR) is 57.1 cm³/mol. The summed E-state index contributed by atoms with van der Waals surface area (Å²) in [5, 5.41) is 0. The maximum atomic E-state index is 12.0. The quantitative estimate of drug-likeness (QED) is 0.556. The topological polar surface area (TPSA) is 49.7 Å². The Morgan fingerprint density at radius 2 is 2.19 bits per heavy atom. The van der Waals surface area contributed by atoms with E-state index in [1.165, 1.54) is 6.08 Å². The average molecular weight is 214 g/mol. The van der Waals surface area contributed by atoms with E-state index in [0.717, 1.165) is 18.4 Å². The van der Waals surface area contributed by atoms with Crippen molar-refractivity contribution in [3.8, 4) is 0 Å². The van der Waals surface area contributed by atoms with Crippen molar-refractivity contribution in [2.75, 3.05) is 0 Å². The van der Waals surface area contributed by atoms with Gasteiger partial charge in [-0.3, -0.25) is 4.79 Å². The van der Waals surface area contributed by atoms with Gasteiger partial charge in [-0.05, 0) is 30.5 Å². The number of isocyanates is 1. The van der Waals surface area contributed by atoms with Crippen LogP contribution in [0.1, 0.15) is 28.8 Å². The third kappa shape index (κ3) is 1.35. The zero-order chi connectivity index (χ0) is 11.1. The normalized spacial score (nSPS) is 18.2. The van der Waals surface area contributed by atoms with E-state index in [0.29, 0.717) is 23.8 Å². The number of benzene rings is 1. The van der Waals surface area contributed by atoms with Crippen LogP contribution < -0.4 is 0 Å². The molecular weight excluding hydrogens is 204 g/mol. The fraction of sp³-hybridized carbons (Fsp3) is 0.333. The second-order valence-corrected chi connectivity index (χ2v) is 4.21. The number of nitrogens with zero attached hydrogens (tertiary/aromatic N) is 2. The standard InChI is InChI=1S/C12H10N2O2/c15-7-13-9-2-1-8-6-14(10-3-4-10)12(16)11(8)5-9/h1-2,5,10H,3-4,6H2. The number of amides is 1. The number of carbonyl (C=O) groups excluding carboxylic acids is 2. The number of fused-ring (bicyclic) bond motifs is 1. The summed E-state index contributed by atoms with van der Waals surface area (Å²) in [6.07, 6.45) is 3.71. The molecule has 0 radical (unpaired) electrons. The van der Waals surface area contributed by atoms with Gasteiger partial charge in [0.1, 0.15) is 0 Å². The van der Waals surface area contributed by atoms with Crippen molar-refractivity contribution in [3.63, 3.8) is 0 Å². The molecule has 1 aliphatic carbocycles. The van der Waals surface area contributed by atoms with Crippen molar-refractivity contribution in [1.29, 1.82) is 0 Å². The second-order valence-electron chi connectivity index (χ2n) is 4.21. The van der Waals surface area contributed by atoms with Crippen LogP contribution in [0.25, 0.3) is 0 Å². The number of hydrogen-bond acceptors (Lipinski definition) is 3. The van der Waals surface area contributed by atoms with Crippen molar-refractivity contribution in [1.82, 2.24) is 4.90 Å². The van der Waals surface area contributed by atoms with Crippen molar-refractivity contribution >= 4 is 17.7 Å². The highest BCUT2D eigenvalue weighted by molar-refractivity contribution is 5.99. The molecule has 0 bridgehead atoms. The first-order valence-corrected chi connectivity index (χ1v) is 5.31. The molecule has 2 aliphatic rings. The first kappa shape index (κ1) is 9.31. The van der Waals surface area contributed by atoms with Gasteiger partial charge in [0.05, 0.1) is 5.69 Å². The van der Waals surface area contributed by atoms with Crippen LogP contribution >= 0.6 is 0 Å². The summed E-state index contributed by atoms with van der Waals surface area (Å²) in [5.41, 5.74) is 2.21. The van der Waals surface area contributed by atoms with Crippen molar-refractivity contribution < 1.29 is 9.59 Å². The highest BCUT2D eigenvalue weighted by Crippen LogP contribution is 2.35. The summed E-state index contributed by atoms with van der Waals surface area (Å²) in [6, 6.07) is 5.71. The summed E-state index contributed by atoms with van der Waals surface area (Å²) in [5.74, 6) is 0.0699. The fourth-order valence-corrected chi connectivity index (χ4v) is 2.11. The zero-order valence-electron chi connectivity index (χ0n) is 8.64. The number of carbonyl (C=O) groups is 1. The Morgan fingerprint density at radius 1 is 1.38 bits per heavy atom. The van der Waals surface area contributed by atoms with Crippen LogP contribution in [-0.4, -0.2) is 22.9 Å². The van der Waals surface area contributed by atoms with Crippen LogP contribution in [0.15, 0.2) is 23.2 Å². The molecular formula is C12H10N2O2. The van der Waals surface area contributed by atoms with Crippen molar-refractivity contribution in [2.45, 2.75) is 25.4 Å². The molecule has 0 N–H and O–H groups in total. The van der Waals surface area contributed by atoms with Crippen LogP contribution in [0.2, 0.25) is 0 Å². The van der Waals surface area contributed by atoms with Gasteiger partial charge in [-0.1, -0.05) is 6.07 Å². The van der Waals surface area contributed by atoms with Crippen LogP contribution in [0, 0.1) is 0 Å². The molecule has 1 aromatic rings. The first-order valence-electron chi connectivity index (χ1n) is 5.31. The third-order valence-corrected chi connectivity index (χ3v) is 3.09. The Labute approximate surface area is 92.6 Å². The molecule has 1 aromatic carbocycles. The minimum atomic E-state index is 0.0699. The monoisotopic (exact) mass is 214 g/mol. The van der Waals surface area contributed by atoms with E-state index in [1.54, 1.807) is 12.1 Å². The lowest BCUT2D eigenvalue weighted by molar-refractivity contribution is 0.0766. The molecule has 1 heterocycles. The van der Waals surface area contributed by atoms with Gasteiger partial charge >= 0.3 is 0 Å². The molecule has 1 amide bonds. The Kier molecular flexibility index (Phi) is 1.91. The summed E-state index contributed by atoms with van der Waals surface area (Å²) in [6.45, 7) is 0.698. The van der Waals surface area contributed by atoms with Crippen LogP contribution in [0.4, 0.5) is 5.69 Å². The van der Waals surface area contributed by atoms with Crippen molar-refractivity contribution in [2.24, 2.45) is 4.99 Å². The minimum absolute atomic E-state index is 0.0699. The van der Waals surface area contributed by atoms with E-state index >= 15 is 0 Å². The van der Waals surface area contributed by atoms with Crippen LogP contribution in [0.3, 0.4) is 0 Å². The SMILES string of the molecule is O=C=Nc1ccc2c(c1)C(=O)N(C1CC1)C2. The maximum absolute atomic E-state index is 12.0. The molecule has 1 aliphatic heterocycles. The van der Waals surface area contributed by atoms with Gasteiger partial charge in [-0.15, -0.1) is 0 Å². The Balaban J connectivity index is 1.99. The van der Waals surface area contributed by atoms with E-state index in [4.69, 9.17) is 0 Å². The van der Waals surface area contributed by atoms with Gasteiger partial charge in [0, 0.05) is 18.2 Å². The number of aliphatic imine (C=N–C) groups is 1. The molecule has 80 valence electrons. The molecule has 1 fully saturated rings. The van der Waals surface area contributed by atoms with E-state index in [-0.39, 0.29) is 5.91 Å². The number of hydrogen-bond donors (Lipinski definition) is 0. The van der Waals surface area contributed by atoms with Gasteiger partial charge < -0.3 is 4.90 Å². The largest absolute Gasteiger partial charge is 0.331 e. The van der Waals surface area contributed by atoms with Gasteiger partial charge in [-0.25, -0.2) is 4.79 Å². The smallest absolute Gasteiger partial charge is 0.254 e. The molecule has 4 heteroatoms. The molecule has 0 spiro atoms. The fourth-order valence-electron chi connectivity index (χ4n) is 2.11. The molecule has 3 rings (SSSR count). The van der Waals surface area contributed by atoms with Gasteiger partial charge in [0.25, 0.3) is 5.91 Å². The second kappa shape index (κ2) is 3.29. The molecule has 4 nitrogen and oxygen atoms in total. The Bertz CT molecular complexity index is 514. The highest BCUT2D eigenvalue weighted by atomic mass is 16.2. The molecule has 1 saturated carbocycles. The average Bonchev–Trinajstić information content (AvgIpc) is 3.07. The first-order chi connectivity index (χ1) is 7.79. The number of rotatable bonds is 2. The molecule has 0 unspecified atom stereocenters. The maximum Gasteiger partial charge on any atom is 0.254 e. The summed E-state index contributed by atoms with van der Waals surface area (Å²) >= 11 is 0. The van der Waals surface area contributed by atoms with Gasteiger partial charge in [-0.2, -0.15) is 4.99 Å². The molecule has 0 atom stereocenters. The predicted octanol–water partition coefficient (Wildman–Crippen LogP) is 1.77. The molecule has 16 heavy (non-hydrogen) atoms. The van der Waals surface area contributed by atoms with E-state index in [1.807, 2.05) is 11.0 Å². The summed E-state index contributed by atoms with van der Waals surface area (Å²) in [4.78, 5) is 27.6. The lowest BCUT2D eigenvalue weighted by Gasteiger charge is -2.13. The lowest BCUT2D eigenvalue weighted by Crippen LogP contribution is -2.25. The van der Waals surface area contributed by atoms with Gasteiger partial charge in [0.15, 0.2) is 0 Å². The van der Waals surface area contributed by atoms with E-state index in [2.05, 4.69) is 4.99 Å². The lowest BCUT2D eigenvalue weighted by atomic mass is 10.1. The third-order valence-electron chi connectivity index (χ3n) is 3.09. The van der Waals surface area contributed by atoms with E-state index in [9.17, 15) is 9.59 Å². The van der Waals surface area contributed by atoms with Crippen LogP contribution in [-0.2, 0) is 11.3 Å². The molecule has 0 saturated heterocycles. The molecule has 0 aromatic heterocycles. The van der Waals surface area contributed by atoms with Crippen molar-refractivity contribution in [3.05, 3.63) is 29.3 Å².